The summed E-state index contributed by atoms with van der Waals surface area (Å²) in [6.07, 6.45) is 0.719. The maximum atomic E-state index is 13.1. The molecule has 36 heavy (non-hydrogen) atoms. The summed E-state index contributed by atoms with van der Waals surface area (Å²) < 4.78 is 30.0. The van der Waals surface area contributed by atoms with Gasteiger partial charge in [0.15, 0.2) is 20.7 Å². The Bertz CT molecular complexity index is 1310. The Kier molecular flexibility index (Phi) is 9.70. The minimum absolute atomic E-state index is 0. The summed E-state index contributed by atoms with van der Waals surface area (Å²) in [5.41, 5.74) is 0.945. The quantitative estimate of drug-likeness (QED) is 0.191. The number of aliphatic hydroxyl groups excluding tert-OH is 1. The van der Waals surface area contributed by atoms with Crippen molar-refractivity contribution in [2.45, 2.75) is 17.7 Å². The first-order valence-corrected chi connectivity index (χ1v) is 13.6. The molecule has 0 spiro atoms. The number of fused-ring (bicyclic) bond motifs is 1. The van der Waals surface area contributed by atoms with Crippen molar-refractivity contribution >= 4 is 54.1 Å². The number of hydrogen-bond acceptors (Lipinski definition) is 11. The molecule has 1 amide bonds. The van der Waals surface area contributed by atoms with Gasteiger partial charge in [0.05, 0.1) is 10.6 Å². The lowest BCUT2D eigenvalue weighted by atomic mass is 10.1. The molecular weight excluding hydrogens is 506 g/mol. The number of thiazole rings is 1. The third-order valence-electron chi connectivity index (χ3n) is 4.93. The van der Waals surface area contributed by atoms with Crippen LogP contribution < -0.4 is 10.2 Å². The standard InChI is InChI=1S/C23H29N5O6S2.H2/c1-28(2)19-11-10-18-22(25-19)35-23(24-18)26-21(30)20(27-34-14-4-12-29)16-6-8-17(9-7-16)36(31,32)15-5-13-33-3;/h6-11,29H,4-5,12-15H2,1-3H3,(H,24,26,30);1H/b27-20+;. The second-order valence-electron chi connectivity index (χ2n) is 7.90. The van der Waals surface area contributed by atoms with Crippen LogP contribution >= 0.6 is 11.3 Å². The molecule has 0 aliphatic carbocycles. The van der Waals surface area contributed by atoms with Gasteiger partial charge in [0.2, 0.25) is 0 Å². The van der Waals surface area contributed by atoms with Gasteiger partial charge >= 0.3 is 0 Å². The van der Waals surface area contributed by atoms with Crippen LogP contribution in [-0.2, 0) is 24.2 Å². The SMILES string of the molecule is COCCCS(=O)(=O)c1ccc(/C(=N\OCCCO)C(=O)Nc2nc3ccc(N(C)C)nc3s2)cc1.[HH]. The molecule has 196 valence electrons. The van der Waals surface area contributed by atoms with Crippen LogP contribution in [0.1, 0.15) is 19.8 Å². The summed E-state index contributed by atoms with van der Waals surface area (Å²) in [4.78, 5) is 29.9. The Morgan fingerprint density at radius 2 is 1.89 bits per heavy atom. The number of rotatable bonds is 13. The van der Waals surface area contributed by atoms with E-state index in [1.54, 1.807) is 0 Å². The Labute approximate surface area is 215 Å². The van der Waals surface area contributed by atoms with Gasteiger partial charge in [-0.05, 0) is 30.7 Å². The summed E-state index contributed by atoms with van der Waals surface area (Å²) in [5, 5.41) is 16.0. The van der Waals surface area contributed by atoms with Crippen molar-refractivity contribution in [3.05, 3.63) is 42.0 Å². The molecule has 0 aliphatic rings. The highest BCUT2D eigenvalue weighted by Crippen LogP contribution is 2.26. The molecule has 0 fully saturated rings. The number of carbonyl (C=O) groups is 1. The molecule has 0 atom stereocenters. The molecule has 2 heterocycles. The lowest BCUT2D eigenvalue weighted by Crippen LogP contribution is -2.24. The lowest BCUT2D eigenvalue weighted by Gasteiger charge is -2.09. The number of aromatic nitrogens is 2. The first-order valence-electron chi connectivity index (χ1n) is 11.1. The second kappa shape index (κ2) is 12.7. The van der Waals surface area contributed by atoms with Gasteiger partial charge in [-0.2, -0.15) is 0 Å². The van der Waals surface area contributed by atoms with Crippen molar-refractivity contribution in [3.8, 4) is 0 Å². The molecule has 2 aromatic heterocycles. The number of sulfone groups is 1. The van der Waals surface area contributed by atoms with Gasteiger partial charge in [-0.25, -0.2) is 18.4 Å². The summed E-state index contributed by atoms with van der Waals surface area (Å²) in [6, 6.07) is 9.51. The van der Waals surface area contributed by atoms with E-state index in [-0.39, 0.29) is 31.0 Å². The molecule has 0 saturated heterocycles. The highest BCUT2D eigenvalue weighted by Gasteiger charge is 2.20. The molecule has 2 N–H and O–H groups in total. The van der Waals surface area contributed by atoms with Crippen LogP contribution in [0.4, 0.5) is 10.9 Å². The van der Waals surface area contributed by atoms with Crippen molar-refractivity contribution in [1.82, 2.24) is 9.97 Å². The molecule has 0 aliphatic heterocycles. The summed E-state index contributed by atoms with van der Waals surface area (Å²) in [6.45, 7) is 0.370. The fourth-order valence-corrected chi connectivity index (χ4v) is 5.17. The number of carbonyl (C=O) groups excluding carboxylic acids is 1. The van der Waals surface area contributed by atoms with E-state index in [2.05, 4.69) is 20.4 Å². The normalized spacial score (nSPS) is 12.1. The van der Waals surface area contributed by atoms with Crippen molar-refractivity contribution < 1.29 is 29.3 Å². The largest absolute Gasteiger partial charge is 0.396 e. The smallest absolute Gasteiger partial charge is 0.280 e. The highest BCUT2D eigenvalue weighted by atomic mass is 32.2. The Morgan fingerprint density at radius 3 is 2.56 bits per heavy atom. The first-order chi connectivity index (χ1) is 17.2. The number of nitrogens with zero attached hydrogens (tertiary/aromatic N) is 4. The van der Waals surface area contributed by atoms with Gasteiger partial charge in [-0.3, -0.25) is 10.1 Å². The maximum absolute atomic E-state index is 13.1. The van der Waals surface area contributed by atoms with Crippen LogP contribution in [0.25, 0.3) is 10.3 Å². The van der Waals surface area contributed by atoms with E-state index in [9.17, 15) is 13.2 Å². The molecule has 13 heteroatoms. The van der Waals surface area contributed by atoms with E-state index in [0.717, 1.165) is 5.82 Å². The van der Waals surface area contributed by atoms with Crippen LogP contribution in [0.2, 0.25) is 0 Å². The summed E-state index contributed by atoms with van der Waals surface area (Å²) >= 11 is 1.22. The molecule has 1 aromatic carbocycles. The van der Waals surface area contributed by atoms with Crippen molar-refractivity contribution in [2.24, 2.45) is 5.16 Å². The predicted octanol–water partition coefficient (Wildman–Crippen LogP) is 2.56. The summed E-state index contributed by atoms with van der Waals surface area (Å²) in [7, 11) is 1.79. The number of aliphatic hydroxyl groups is 1. The fourth-order valence-electron chi connectivity index (χ4n) is 3.06. The molecule has 0 saturated carbocycles. The topological polar surface area (TPSA) is 143 Å². The van der Waals surface area contributed by atoms with Crippen LogP contribution in [0.5, 0.6) is 0 Å². The van der Waals surface area contributed by atoms with E-state index in [4.69, 9.17) is 14.7 Å². The number of hydrogen-bond donors (Lipinski definition) is 2. The van der Waals surface area contributed by atoms with Gasteiger partial charge in [-0.1, -0.05) is 28.6 Å². The molecule has 11 nitrogen and oxygen atoms in total. The zero-order chi connectivity index (χ0) is 26.1. The minimum atomic E-state index is -3.49. The van der Waals surface area contributed by atoms with Crippen molar-refractivity contribution in [2.75, 3.05) is 57.0 Å². The molecular formula is C23H31N5O6S2. The van der Waals surface area contributed by atoms with Gasteiger partial charge in [0, 0.05) is 47.8 Å². The monoisotopic (exact) mass is 537 g/mol. The zero-order valence-corrected chi connectivity index (χ0v) is 21.9. The van der Waals surface area contributed by atoms with Gasteiger partial charge in [0.25, 0.3) is 5.91 Å². The molecule has 3 rings (SSSR count). The highest BCUT2D eigenvalue weighted by molar-refractivity contribution is 7.91. The van der Waals surface area contributed by atoms with Crippen molar-refractivity contribution in [1.29, 1.82) is 0 Å². The number of benzene rings is 1. The number of anilines is 2. The predicted molar refractivity (Wildman–Crippen MR) is 142 cm³/mol. The number of oxime groups is 1. The first kappa shape index (κ1) is 27.5. The minimum Gasteiger partial charge on any atom is -0.396 e. The van der Waals surface area contributed by atoms with Gasteiger partial charge in [-0.15, -0.1) is 0 Å². The number of methoxy groups -OCH3 is 1. The third kappa shape index (κ3) is 7.20. The van der Waals surface area contributed by atoms with Crippen LogP contribution in [0.3, 0.4) is 0 Å². The number of ether oxygens (including phenoxy) is 1. The van der Waals surface area contributed by atoms with Gasteiger partial charge < -0.3 is 19.6 Å². The van der Waals surface area contributed by atoms with E-state index in [1.165, 1.54) is 42.7 Å². The zero-order valence-electron chi connectivity index (χ0n) is 20.3. The average Bonchev–Trinajstić information content (AvgIpc) is 3.25. The van der Waals surface area contributed by atoms with Crippen LogP contribution in [0.15, 0.2) is 46.4 Å². The number of amides is 1. The van der Waals surface area contributed by atoms with Gasteiger partial charge in [0.1, 0.15) is 22.8 Å². The maximum Gasteiger partial charge on any atom is 0.280 e. The average molecular weight is 538 g/mol. The van der Waals surface area contributed by atoms with E-state index in [0.29, 0.717) is 40.5 Å². The Morgan fingerprint density at radius 1 is 1.14 bits per heavy atom. The molecule has 0 unspecified atom stereocenters. The van der Waals surface area contributed by atoms with E-state index < -0.39 is 15.7 Å². The van der Waals surface area contributed by atoms with Crippen LogP contribution in [0, 0.1) is 0 Å². The molecule has 0 bridgehead atoms. The van der Waals surface area contributed by atoms with E-state index in [1.807, 2.05) is 31.1 Å². The second-order valence-corrected chi connectivity index (χ2v) is 11.0. The van der Waals surface area contributed by atoms with Crippen molar-refractivity contribution in [3.63, 3.8) is 0 Å². The number of nitrogens with one attached hydrogen (secondary N) is 1. The molecule has 0 radical (unpaired) electrons. The third-order valence-corrected chi connectivity index (χ3v) is 7.63. The number of pyridine rings is 1. The molecule has 3 aromatic rings. The Balaban J connectivity index is 0.00000481. The fraction of sp³-hybridized carbons (Fsp3) is 0.391. The lowest BCUT2D eigenvalue weighted by molar-refractivity contribution is -0.110. The van der Waals surface area contributed by atoms with E-state index >= 15 is 0 Å². The summed E-state index contributed by atoms with van der Waals surface area (Å²) in [5.74, 6) is 0.134. The van der Waals surface area contributed by atoms with Crippen LogP contribution in [-0.4, -0.2) is 81.9 Å². The Hall–Kier alpha value is -3.13.